The van der Waals surface area contributed by atoms with Crippen molar-refractivity contribution in [1.82, 2.24) is 5.32 Å². The average Bonchev–Trinajstić information content (AvgIpc) is 2.49. The van der Waals surface area contributed by atoms with Crippen molar-refractivity contribution < 1.29 is 24.1 Å². The van der Waals surface area contributed by atoms with Gasteiger partial charge >= 0.3 is 0 Å². The molecule has 0 aliphatic carbocycles. The number of carbonyl (C=O) groups is 1. The molecule has 0 aliphatic heterocycles. The number of nitrogens with one attached hydrogen (secondary N) is 1. The van der Waals surface area contributed by atoms with Crippen molar-refractivity contribution in [2.24, 2.45) is 0 Å². The van der Waals surface area contributed by atoms with Crippen molar-refractivity contribution in [3.8, 4) is 17.2 Å². The van der Waals surface area contributed by atoms with E-state index in [1.807, 2.05) is 6.92 Å². The van der Waals surface area contributed by atoms with Crippen molar-refractivity contribution in [3.63, 3.8) is 0 Å². The number of ether oxygens (including phenoxy) is 3. The molecule has 0 radical (unpaired) electrons. The third-order valence-corrected chi connectivity index (χ3v) is 2.62. The number of methoxy groups -OCH3 is 2. The van der Waals surface area contributed by atoms with Gasteiger partial charge in [0.25, 0.3) is 5.91 Å². The minimum Gasteiger partial charge on any atom is -0.493 e. The van der Waals surface area contributed by atoms with E-state index in [4.69, 9.17) is 19.3 Å². The van der Waals surface area contributed by atoms with Crippen molar-refractivity contribution in [1.29, 1.82) is 0 Å². The largest absolute Gasteiger partial charge is 0.493 e. The molecule has 1 rings (SSSR count). The van der Waals surface area contributed by atoms with Crippen LogP contribution in [0.25, 0.3) is 0 Å². The molecule has 2 N–H and O–H groups in total. The van der Waals surface area contributed by atoms with Crippen molar-refractivity contribution in [2.45, 2.75) is 20.0 Å². The van der Waals surface area contributed by atoms with Gasteiger partial charge in [-0.05, 0) is 24.1 Å². The Kier molecular flexibility index (Phi) is 6.66. The van der Waals surface area contributed by atoms with Gasteiger partial charge in [-0.1, -0.05) is 6.92 Å². The summed E-state index contributed by atoms with van der Waals surface area (Å²) in [5.41, 5.74) is 0.640. The molecule has 112 valence electrons. The van der Waals surface area contributed by atoms with Crippen molar-refractivity contribution in [2.75, 3.05) is 27.4 Å². The van der Waals surface area contributed by atoms with Gasteiger partial charge in [0.2, 0.25) is 5.75 Å². The molecular weight excluding hydrogens is 262 g/mol. The first-order valence-corrected chi connectivity index (χ1v) is 6.41. The highest BCUT2D eigenvalue weighted by Gasteiger charge is 2.15. The van der Waals surface area contributed by atoms with E-state index in [-0.39, 0.29) is 19.1 Å². The molecule has 1 aromatic rings. The van der Waals surface area contributed by atoms with Gasteiger partial charge in [-0.3, -0.25) is 4.79 Å². The average molecular weight is 283 g/mol. The minimum absolute atomic E-state index is 0.120. The van der Waals surface area contributed by atoms with E-state index >= 15 is 0 Å². The van der Waals surface area contributed by atoms with Crippen molar-refractivity contribution >= 4 is 5.91 Å². The van der Waals surface area contributed by atoms with Crippen LogP contribution in [0.2, 0.25) is 0 Å². The molecule has 0 aliphatic rings. The molecule has 1 aromatic carbocycles. The normalized spacial score (nSPS) is 10.0. The Balaban J connectivity index is 2.84. The predicted molar refractivity (Wildman–Crippen MR) is 74.3 cm³/mol. The van der Waals surface area contributed by atoms with Gasteiger partial charge in [0, 0.05) is 6.54 Å². The molecule has 6 heteroatoms. The Morgan fingerprint density at radius 3 is 2.30 bits per heavy atom. The van der Waals surface area contributed by atoms with E-state index in [0.29, 0.717) is 29.4 Å². The van der Waals surface area contributed by atoms with Crippen LogP contribution < -0.4 is 19.5 Å². The Morgan fingerprint density at radius 2 is 1.85 bits per heavy atom. The van der Waals surface area contributed by atoms with Crippen molar-refractivity contribution in [3.05, 3.63) is 17.7 Å². The number of hydrogen-bond acceptors (Lipinski definition) is 5. The highest BCUT2D eigenvalue weighted by Crippen LogP contribution is 2.38. The lowest BCUT2D eigenvalue weighted by atomic mass is 10.2. The Labute approximate surface area is 118 Å². The standard InChI is InChI=1S/C14H21NO5/c1-4-5-15-13(17)9-20-14-11(18-2)6-10(8-16)7-12(14)19-3/h6-7,16H,4-5,8-9H2,1-3H3,(H,15,17). The van der Waals surface area contributed by atoms with Gasteiger partial charge < -0.3 is 24.6 Å². The summed E-state index contributed by atoms with van der Waals surface area (Å²) in [7, 11) is 2.97. The monoisotopic (exact) mass is 283 g/mol. The second-order valence-electron chi connectivity index (χ2n) is 4.13. The number of aliphatic hydroxyl groups excluding tert-OH is 1. The van der Waals surface area contributed by atoms with E-state index in [2.05, 4.69) is 5.32 Å². The lowest BCUT2D eigenvalue weighted by molar-refractivity contribution is -0.123. The van der Waals surface area contributed by atoms with E-state index in [1.165, 1.54) is 14.2 Å². The number of carbonyl (C=O) groups excluding carboxylic acids is 1. The van der Waals surface area contributed by atoms with Crippen LogP contribution in [-0.2, 0) is 11.4 Å². The van der Waals surface area contributed by atoms with Gasteiger partial charge in [0.1, 0.15) is 0 Å². The number of benzene rings is 1. The molecule has 0 saturated carbocycles. The zero-order chi connectivity index (χ0) is 15.0. The highest BCUT2D eigenvalue weighted by atomic mass is 16.5. The first kappa shape index (κ1) is 16.1. The first-order chi connectivity index (χ1) is 9.65. The molecule has 0 fully saturated rings. The van der Waals surface area contributed by atoms with Gasteiger partial charge in [0.05, 0.1) is 20.8 Å². The second kappa shape index (κ2) is 8.27. The van der Waals surface area contributed by atoms with E-state index in [1.54, 1.807) is 12.1 Å². The predicted octanol–water partition coefficient (Wildman–Crippen LogP) is 1.10. The molecule has 6 nitrogen and oxygen atoms in total. The fourth-order valence-electron chi connectivity index (χ4n) is 1.62. The summed E-state index contributed by atoms with van der Waals surface area (Å²) in [5.74, 6) is 0.967. The maximum atomic E-state index is 11.5. The Bertz CT molecular complexity index is 422. The lowest BCUT2D eigenvalue weighted by Crippen LogP contribution is -2.29. The fourth-order valence-corrected chi connectivity index (χ4v) is 1.62. The Hall–Kier alpha value is -1.95. The molecular formula is C14H21NO5. The van der Waals surface area contributed by atoms with Crippen LogP contribution in [0.3, 0.4) is 0 Å². The summed E-state index contributed by atoms with van der Waals surface area (Å²) in [6.07, 6.45) is 0.865. The number of hydrogen-bond donors (Lipinski definition) is 2. The third-order valence-electron chi connectivity index (χ3n) is 2.62. The van der Waals surface area contributed by atoms with Crippen LogP contribution in [0.1, 0.15) is 18.9 Å². The zero-order valence-corrected chi connectivity index (χ0v) is 12.1. The highest BCUT2D eigenvalue weighted by molar-refractivity contribution is 5.77. The summed E-state index contributed by atoms with van der Waals surface area (Å²) in [6.45, 7) is 2.33. The fraction of sp³-hybridized carbons (Fsp3) is 0.500. The smallest absolute Gasteiger partial charge is 0.257 e. The minimum atomic E-state index is -0.206. The van der Waals surface area contributed by atoms with E-state index in [9.17, 15) is 4.79 Å². The van der Waals surface area contributed by atoms with Gasteiger partial charge in [-0.2, -0.15) is 0 Å². The quantitative estimate of drug-likeness (QED) is 0.747. The van der Waals surface area contributed by atoms with Crippen LogP contribution in [0.5, 0.6) is 17.2 Å². The summed E-state index contributed by atoms with van der Waals surface area (Å²) in [4.78, 5) is 11.5. The maximum absolute atomic E-state index is 11.5. The van der Waals surface area contributed by atoms with Gasteiger partial charge in [-0.25, -0.2) is 0 Å². The topological polar surface area (TPSA) is 77.0 Å². The summed E-state index contributed by atoms with van der Waals surface area (Å²) < 4.78 is 15.9. The first-order valence-electron chi connectivity index (χ1n) is 6.41. The Morgan fingerprint density at radius 1 is 1.25 bits per heavy atom. The molecule has 0 bridgehead atoms. The third kappa shape index (κ3) is 4.31. The van der Waals surface area contributed by atoms with E-state index < -0.39 is 0 Å². The number of aliphatic hydroxyl groups is 1. The molecule has 1 amide bonds. The molecule has 20 heavy (non-hydrogen) atoms. The van der Waals surface area contributed by atoms with Crippen LogP contribution in [0, 0.1) is 0 Å². The maximum Gasteiger partial charge on any atom is 0.257 e. The van der Waals surface area contributed by atoms with Crippen LogP contribution in [0.15, 0.2) is 12.1 Å². The summed E-state index contributed by atoms with van der Waals surface area (Å²) in [6, 6.07) is 3.28. The zero-order valence-electron chi connectivity index (χ0n) is 12.1. The molecule has 0 aromatic heterocycles. The molecule has 0 spiro atoms. The lowest BCUT2D eigenvalue weighted by Gasteiger charge is -2.15. The number of rotatable bonds is 8. The summed E-state index contributed by atoms with van der Waals surface area (Å²) in [5, 5.41) is 11.9. The molecule has 0 unspecified atom stereocenters. The second-order valence-corrected chi connectivity index (χ2v) is 4.13. The SMILES string of the molecule is CCCNC(=O)COc1c(OC)cc(CO)cc1OC. The summed E-state index contributed by atoms with van der Waals surface area (Å²) >= 11 is 0. The molecule has 0 heterocycles. The number of amides is 1. The van der Waals surface area contributed by atoms with Crippen LogP contribution in [0.4, 0.5) is 0 Å². The molecule has 0 saturated heterocycles. The van der Waals surface area contributed by atoms with Gasteiger partial charge in [-0.15, -0.1) is 0 Å². The van der Waals surface area contributed by atoms with Crippen LogP contribution >= 0.6 is 0 Å². The van der Waals surface area contributed by atoms with Crippen LogP contribution in [-0.4, -0.2) is 38.4 Å². The van der Waals surface area contributed by atoms with Gasteiger partial charge in [0.15, 0.2) is 18.1 Å². The van der Waals surface area contributed by atoms with E-state index in [0.717, 1.165) is 6.42 Å². The molecule has 0 atom stereocenters.